The van der Waals surface area contributed by atoms with Gasteiger partial charge in [0, 0.05) is 50.4 Å². The van der Waals surface area contributed by atoms with Crippen LogP contribution in [0.2, 0.25) is 0 Å². The zero-order valence-corrected chi connectivity index (χ0v) is 21.7. The van der Waals surface area contributed by atoms with Gasteiger partial charge in [0.1, 0.15) is 11.7 Å². The molecule has 3 atom stereocenters. The number of rotatable bonds is 8. The highest BCUT2D eigenvalue weighted by Gasteiger charge is 2.34. The number of hydrogen-bond acceptors (Lipinski definition) is 6. The SMILES string of the molecule is CCCN(C)C[C@@H]1Oc2ncc(-c3cccc(C(=O)N(C)C)c3)cc2C(=O)N([C@@H](C)CO)C[C@@H]1C. The van der Waals surface area contributed by atoms with Gasteiger partial charge in [0.05, 0.1) is 12.6 Å². The predicted molar refractivity (Wildman–Crippen MR) is 137 cm³/mol. The summed E-state index contributed by atoms with van der Waals surface area (Å²) in [5.74, 6) is 0.0385. The second-order valence-corrected chi connectivity index (χ2v) is 9.74. The van der Waals surface area contributed by atoms with E-state index in [4.69, 9.17) is 4.74 Å². The maximum absolute atomic E-state index is 13.6. The highest BCUT2D eigenvalue weighted by molar-refractivity contribution is 5.98. The van der Waals surface area contributed by atoms with Crippen molar-refractivity contribution in [1.29, 1.82) is 0 Å². The van der Waals surface area contributed by atoms with E-state index in [0.29, 0.717) is 30.1 Å². The molecule has 0 spiro atoms. The average molecular weight is 483 g/mol. The highest BCUT2D eigenvalue weighted by atomic mass is 16.5. The molecule has 0 fully saturated rings. The number of nitrogens with zero attached hydrogens (tertiary/aromatic N) is 4. The van der Waals surface area contributed by atoms with Crippen LogP contribution < -0.4 is 4.74 Å². The molecule has 190 valence electrons. The van der Waals surface area contributed by atoms with E-state index in [2.05, 4.69) is 30.8 Å². The Labute approximate surface area is 208 Å². The number of amides is 2. The van der Waals surface area contributed by atoms with E-state index in [1.165, 1.54) is 4.90 Å². The van der Waals surface area contributed by atoms with E-state index in [9.17, 15) is 14.7 Å². The molecule has 3 rings (SSSR count). The highest BCUT2D eigenvalue weighted by Crippen LogP contribution is 2.30. The summed E-state index contributed by atoms with van der Waals surface area (Å²) < 4.78 is 6.36. The van der Waals surface area contributed by atoms with Crippen molar-refractivity contribution in [2.24, 2.45) is 5.92 Å². The second kappa shape index (κ2) is 11.6. The number of pyridine rings is 1. The minimum atomic E-state index is -0.338. The molecule has 0 radical (unpaired) electrons. The largest absolute Gasteiger partial charge is 0.472 e. The zero-order chi connectivity index (χ0) is 25.7. The van der Waals surface area contributed by atoms with Crippen molar-refractivity contribution in [3.63, 3.8) is 0 Å². The molecule has 1 aromatic carbocycles. The maximum Gasteiger partial charge on any atom is 0.259 e. The fraction of sp³-hybridized carbons (Fsp3) is 0.519. The third-order valence-electron chi connectivity index (χ3n) is 6.47. The molecule has 1 N–H and O–H groups in total. The van der Waals surface area contributed by atoms with Crippen molar-refractivity contribution in [2.75, 3.05) is 47.4 Å². The average Bonchev–Trinajstić information content (AvgIpc) is 2.85. The lowest BCUT2D eigenvalue weighted by Crippen LogP contribution is -2.50. The van der Waals surface area contributed by atoms with Crippen LogP contribution in [0.4, 0.5) is 0 Å². The summed E-state index contributed by atoms with van der Waals surface area (Å²) in [6.07, 6.45) is 2.56. The molecule has 8 heteroatoms. The topological polar surface area (TPSA) is 86.2 Å². The first-order chi connectivity index (χ1) is 16.7. The quantitative estimate of drug-likeness (QED) is 0.623. The predicted octanol–water partition coefficient (Wildman–Crippen LogP) is 3.01. The monoisotopic (exact) mass is 482 g/mol. The van der Waals surface area contributed by atoms with E-state index in [1.807, 2.05) is 19.1 Å². The molecule has 2 heterocycles. The van der Waals surface area contributed by atoms with Crippen molar-refractivity contribution in [1.82, 2.24) is 19.7 Å². The van der Waals surface area contributed by atoms with Gasteiger partial charge in [-0.2, -0.15) is 0 Å². The van der Waals surface area contributed by atoms with Crippen LogP contribution in [0, 0.1) is 5.92 Å². The van der Waals surface area contributed by atoms with Gasteiger partial charge in [-0.1, -0.05) is 26.0 Å². The molecule has 0 saturated heterocycles. The first-order valence-corrected chi connectivity index (χ1v) is 12.2. The first-order valence-electron chi connectivity index (χ1n) is 12.2. The molecule has 0 saturated carbocycles. The fourth-order valence-corrected chi connectivity index (χ4v) is 4.35. The lowest BCUT2D eigenvalue weighted by Gasteiger charge is -2.37. The van der Waals surface area contributed by atoms with Gasteiger partial charge >= 0.3 is 0 Å². The minimum Gasteiger partial charge on any atom is -0.472 e. The Kier molecular flexibility index (Phi) is 8.86. The molecule has 1 aliphatic rings. The minimum absolute atomic E-state index is 0.0515. The van der Waals surface area contributed by atoms with Gasteiger partial charge in [0.25, 0.3) is 11.8 Å². The second-order valence-electron chi connectivity index (χ2n) is 9.74. The molecular weight excluding hydrogens is 444 g/mol. The number of hydrogen-bond donors (Lipinski definition) is 1. The van der Waals surface area contributed by atoms with Crippen LogP contribution in [0.15, 0.2) is 36.5 Å². The standard InChI is InChI=1S/C27H38N4O4/c1-7-11-30(6)16-24-18(2)15-31(19(3)17-32)27(34)23-13-22(14-28-25(23)35-24)20-9-8-10-21(12-20)26(33)29(4)5/h8-10,12-14,18-19,24,32H,7,11,15-17H2,1-6H3/t18-,19-,24-/m0/s1. The lowest BCUT2D eigenvalue weighted by atomic mass is 9.98. The number of fused-ring (bicyclic) bond motifs is 1. The number of carbonyl (C=O) groups is 2. The summed E-state index contributed by atoms with van der Waals surface area (Å²) in [7, 11) is 5.49. The van der Waals surface area contributed by atoms with Crippen molar-refractivity contribution in [3.05, 3.63) is 47.7 Å². The number of ether oxygens (including phenoxy) is 1. The number of likely N-dealkylation sites (N-methyl/N-ethyl adjacent to an activating group) is 1. The van der Waals surface area contributed by atoms with Crippen LogP contribution >= 0.6 is 0 Å². The molecule has 2 aromatic rings. The number of aliphatic hydroxyl groups excluding tert-OH is 1. The lowest BCUT2D eigenvalue weighted by molar-refractivity contribution is 0.0331. The Morgan fingerprint density at radius 3 is 2.66 bits per heavy atom. The smallest absolute Gasteiger partial charge is 0.259 e. The molecule has 8 nitrogen and oxygen atoms in total. The van der Waals surface area contributed by atoms with E-state index < -0.39 is 0 Å². The van der Waals surface area contributed by atoms with Crippen molar-refractivity contribution >= 4 is 11.8 Å². The van der Waals surface area contributed by atoms with E-state index in [1.54, 1.807) is 43.4 Å². The summed E-state index contributed by atoms with van der Waals surface area (Å²) >= 11 is 0. The van der Waals surface area contributed by atoms with E-state index in [-0.39, 0.29) is 36.5 Å². The van der Waals surface area contributed by atoms with Gasteiger partial charge < -0.3 is 24.5 Å². The molecule has 1 aliphatic heterocycles. The fourth-order valence-electron chi connectivity index (χ4n) is 4.35. The van der Waals surface area contributed by atoms with Gasteiger partial charge in [0.15, 0.2) is 0 Å². The number of benzene rings is 1. The van der Waals surface area contributed by atoms with Gasteiger partial charge in [0.2, 0.25) is 5.88 Å². The van der Waals surface area contributed by atoms with Crippen LogP contribution in [-0.2, 0) is 0 Å². The Balaban J connectivity index is 2.04. The summed E-state index contributed by atoms with van der Waals surface area (Å²) in [6, 6.07) is 8.73. The molecule has 35 heavy (non-hydrogen) atoms. The first kappa shape index (κ1) is 26.6. The molecule has 1 aromatic heterocycles. The zero-order valence-electron chi connectivity index (χ0n) is 21.7. The third kappa shape index (κ3) is 6.18. The van der Waals surface area contributed by atoms with Crippen LogP contribution in [0.1, 0.15) is 47.9 Å². The van der Waals surface area contributed by atoms with Gasteiger partial charge in [-0.25, -0.2) is 4.98 Å². The Morgan fingerprint density at radius 1 is 1.26 bits per heavy atom. The van der Waals surface area contributed by atoms with Gasteiger partial charge in [-0.3, -0.25) is 9.59 Å². The molecule has 0 bridgehead atoms. The van der Waals surface area contributed by atoms with Crippen LogP contribution in [0.3, 0.4) is 0 Å². The van der Waals surface area contributed by atoms with Crippen LogP contribution in [-0.4, -0.2) is 96.1 Å². The summed E-state index contributed by atoms with van der Waals surface area (Å²) in [5, 5.41) is 9.86. The third-order valence-corrected chi connectivity index (χ3v) is 6.47. The molecule has 2 amide bonds. The van der Waals surface area contributed by atoms with Crippen molar-refractivity contribution in [3.8, 4) is 17.0 Å². The summed E-state index contributed by atoms with van der Waals surface area (Å²) in [5.41, 5.74) is 2.43. The number of aromatic nitrogens is 1. The Hall–Kier alpha value is -2.97. The molecule has 0 aliphatic carbocycles. The number of aliphatic hydroxyl groups is 1. The normalized spacial score (nSPS) is 19.0. The number of carbonyl (C=O) groups excluding carboxylic acids is 2. The van der Waals surface area contributed by atoms with Crippen LogP contribution in [0.5, 0.6) is 5.88 Å². The molecular formula is C27H38N4O4. The van der Waals surface area contributed by atoms with E-state index >= 15 is 0 Å². The van der Waals surface area contributed by atoms with E-state index in [0.717, 1.165) is 24.1 Å². The Bertz CT molecular complexity index is 1040. The van der Waals surface area contributed by atoms with Gasteiger partial charge in [-0.15, -0.1) is 0 Å². The van der Waals surface area contributed by atoms with Crippen molar-refractivity contribution in [2.45, 2.75) is 39.3 Å². The van der Waals surface area contributed by atoms with Gasteiger partial charge in [-0.05, 0) is 50.7 Å². The van der Waals surface area contributed by atoms with Crippen LogP contribution in [0.25, 0.3) is 11.1 Å². The maximum atomic E-state index is 13.6. The Morgan fingerprint density at radius 2 is 2.00 bits per heavy atom. The molecule has 0 unspecified atom stereocenters. The van der Waals surface area contributed by atoms with Crippen molar-refractivity contribution < 1.29 is 19.4 Å². The summed E-state index contributed by atoms with van der Waals surface area (Å²) in [6.45, 7) is 8.06. The summed E-state index contributed by atoms with van der Waals surface area (Å²) in [4.78, 5) is 36.1.